The molecular formula is C15H21N3. The molecule has 96 valence electrons. The molecule has 1 aromatic heterocycles. The second-order valence-electron chi connectivity index (χ2n) is 4.69. The maximum absolute atomic E-state index is 4.80. The van der Waals surface area contributed by atoms with Crippen molar-refractivity contribution in [2.75, 3.05) is 13.6 Å². The predicted molar refractivity (Wildman–Crippen MR) is 75.7 cm³/mol. The van der Waals surface area contributed by atoms with E-state index in [-0.39, 0.29) is 0 Å². The number of aryl methyl sites for hydroxylation is 1. The predicted octanol–water partition coefficient (Wildman–Crippen LogP) is 2.47. The minimum absolute atomic E-state index is 0.956. The van der Waals surface area contributed by atoms with Gasteiger partial charge >= 0.3 is 0 Å². The van der Waals surface area contributed by atoms with Crippen LogP contribution in [0, 0.1) is 13.8 Å². The van der Waals surface area contributed by atoms with E-state index in [4.69, 9.17) is 4.98 Å². The van der Waals surface area contributed by atoms with Crippen LogP contribution in [-0.4, -0.2) is 23.1 Å². The molecule has 0 radical (unpaired) electrons. The Balaban J connectivity index is 2.43. The molecule has 0 aliphatic heterocycles. The van der Waals surface area contributed by atoms with Gasteiger partial charge in [0.15, 0.2) is 0 Å². The Morgan fingerprint density at radius 2 is 1.94 bits per heavy atom. The first-order valence-electron chi connectivity index (χ1n) is 6.38. The topological polar surface area (TPSA) is 29.9 Å². The zero-order valence-corrected chi connectivity index (χ0v) is 11.6. The molecule has 1 heterocycles. The van der Waals surface area contributed by atoms with Gasteiger partial charge in [-0.2, -0.15) is 0 Å². The Hall–Kier alpha value is -1.61. The van der Waals surface area contributed by atoms with E-state index >= 15 is 0 Å². The maximum atomic E-state index is 4.80. The van der Waals surface area contributed by atoms with Crippen LogP contribution in [0.1, 0.15) is 17.1 Å². The Bertz CT molecular complexity index is 541. The third-order valence-corrected chi connectivity index (χ3v) is 3.47. The quantitative estimate of drug-likeness (QED) is 0.894. The Morgan fingerprint density at radius 3 is 2.61 bits per heavy atom. The summed E-state index contributed by atoms with van der Waals surface area (Å²) >= 11 is 0. The molecule has 0 atom stereocenters. The number of imidazole rings is 1. The number of nitrogens with one attached hydrogen (secondary N) is 1. The first kappa shape index (κ1) is 12.8. The van der Waals surface area contributed by atoms with Gasteiger partial charge in [0.1, 0.15) is 5.82 Å². The van der Waals surface area contributed by atoms with Gasteiger partial charge in [0, 0.05) is 31.3 Å². The lowest BCUT2D eigenvalue weighted by molar-refractivity contribution is 0.710. The molecule has 0 unspecified atom stereocenters. The second-order valence-corrected chi connectivity index (χ2v) is 4.69. The minimum Gasteiger partial charge on any atom is -0.335 e. The minimum atomic E-state index is 0.956. The smallest absolute Gasteiger partial charge is 0.110 e. The molecule has 0 saturated heterocycles. The van der Waals surface area contributed by atoms with Gasteiger partial charge in [-0.05, 0) is 26.5 Å². The molecule has 2 rings (SSSR count). The molecule has 0 saturated carbocycles. The Labute approximate surface area is 109 Å². The summed E-state index contributed by atoms with van der Waals surface area (Å²) in [5.41, 5.74) is 4.86. The summed E-state index contributed by atoms with van der Waals surface area (Å²) in [6.07, 6.45) is 0.958. The van der Waals surface area contributed by atoms with Gasteiger partial charge in [-0.3, -0.25) is 0 Å². The molecule has 18 heavy (non-hydrogen) atoms. The van der Waals surface area contributed by atoms with Gasteiger partial charge in [-0.25, -0.2) is 4.98 Å². The number of hydrogen-bond acceptors (Lipinski definition) is 2. The molecule has 0 fully saturated rings. The lowest BCUT2D eigenvalue weighted by Crippen LogP contribution is -2.13. The number of hydrogen-bond donors (Lipinski definition) is 1. The fraction of sp³-hybridized carbons (Fsp3) is 0.400. The van der Waals surface area contributed by atoms with E-state index in [1.165, 1.54) is 16.8 Å². The van der Waals surface area contributed by atoms with E-state index in [0.29, 0.717) is 0 Å². The molecule has 2 aromatic rings. The third kappa shape index (κ3) is 2.31. The van der Waals surface area contributed by atoms with Gasteiger partial charge in [0.2, 0.25) is 0 Å². The first-order chi connectivity index (χ1) is 8.65. The van der Waals surface area contributed by atoms with E-state index in [2.05, 4.69) is 55.0 Å². The monoisotopic (exact) mass is 243 g/mol. The fourth-order valence-corrected chi connectivity index (χ4v) is 2.19. The Morgan fingerprint density at radius 1 is 1.22 bits per heavy atom. The lowest BCUT2D eigenvalue weighted by Gasteiger charge is -2.04. The maximum Gasteiger partial charge on any atom is 0.110 e. The van der Waals surface area contributed by atoms with Crippen molar-refractivity contribution >= 4 is 0 Å². The highest BCUT2D eigenvalue weighted by Gasteiger charge is 2.13. The van der Waals surface area contributed by atoms with Crippen LogP contribution >= 0.6 is 0 Å². The van der Waals surface area contributed by atoms with Crippen molar-refractivity contribution in [1.29, 1.82) is 0 Å². The van der Waals surface area contributed by atoms with Crippen molar-refractivity contribution in [1.82, 2.24) is 14.9 Å². The molecule has 0 aliphatic carbocycles. The SMILES string of the molecule is CNCCc1nc(-c2ccccc2C)c(C)n1C. The number of rotatable bonds is 4. The van der Waals surface area contributed by atoms with E-state index < -0.39 is 0 Å². The van der Waals surface area contributed by atoms with E-state index in [1.807, 2.05) is 7.05 Å². The number of benzene rings is 1. The molecule has 0 spiro atoms. The molecule has 1 aromatic carbocycles. The van der Waals surface area contributed by atoms with Crippen molar-refractivity contribution in [3.8, 4) is 11.3 Å². The lowest BCUT2D eigenvalue weighted by atomic mass is 10.1. The largest absolute Gasteiger partial charge is 0.335 e. The standard InChI is InChI=1S/C15H21N3/c1-11-7-5-6-8-13(11)15-12(2)18(4)14(17-15)9-10-16-3/h5-8,16H,9-10H2,1-4H3. The number of likely N-dealkylation sites (N-methyl/N-ethyl adjacent to an activating group) is 1. The van der Waals surface area contributed by atoms with Crippen LogP contribution in [0.5, 0.6) is 0 Å². The van der Waals surface area contributed by atoms with Crippen molar-refractivity contribution < 1.29 is 0 Å². The van der Waals surface area contributed by atoms with Crippen LogP contribution in [0.3, 0.4) is 0 Å². The zero-order chi connectivity index (χ0) is 13.1. The van der Waals surface area contributed by atoms with Gasteiger partial charge in [-0.1, -0.05) is 24.3 Å². The normalized spacial score (nSPS) is 10.9. The van der Waals surface area contributed by atoms with Crippen LogP contribution in [0.25, 0.3) is 11.3 Å². The molecule has 0 bridgehead atoms. The summed E-state index contributed by atoms with van der Waals surface area (Å²) in [5, 5.41) is 3.17. The van der Waals surface area contributed by atoms with Crippen LogP contribution < -0.4 is 5.32 Å². The van der Waals surface area contributed by atoms with Crippen molar-refractivity contribution in [3.63, 3.8) is 0 Å². The van der Waals surface area contributed by atoms with Crippen LogP contribution in [0.4, 0.5) is 0 Å². The number of aromatic nitrogens is 2. The molecule has 3 heteroatoms. The Kier molecular flexibility index (Phi) is 3.82. The van der Waals surface area contributed by atoms with Crippen LogP contribution in [0.2, 0.25) is 0 Å². The summed E-state index contributed by atoms with van der Waals surface area (Å²) in [7, 11) is 4.06. The van der Waals surface area contributed by atoms with E-state index in [0.717, 1.165) is 24.5 Å². The van der Waals surface area contributed by atoms with Crippen molar-refractivity contribution in [2.24, 2.45) is 7.05 Å². The van der Waals surface area contributed by atoms with Gasteiger partial charge in [-0.15, -0.1) is 0 Å². The average Bonchev–Trinajstić information content (AvgIpc) is 2.65. The van der Waals surface area contributed by atoms with E-state index in [1.54, 1.807) is 0 Å². The summed E-state index contributed by atoms with van der Waals surface area (Å²) in [6.45, 7) is 5.23. The van der Waals surface area contributed by atoms with Gasteiger partial charge in [0.05, 0.1) is 5.69 Å². The molecule has 1 N–H and O–H groups in total. The highest BCUT2D eigenvalue weighted by Crippen LogP contribution is 2.25. The average molecular weight is 243 g/mol. The molecule has 0 amide bonds. The summed E-state index contributed by atoms with van der Waals surface area (Å²) < 4.78 is 2.19. The zero-order valence-electron chi connectivity index (χ0n) is 11.6. The first-order valence-corrected chi connectivity index (χ1v) is 6.38. The van der Waals surface area contributed by atoms with Crippen molar-refractivity contribution in [2.45, 2.75) is 20.3 Å². The van der Waals surface area contributed by atoms with Crippen molar-refractivity contribution in [3.05, 3.63) is 41.3 Å². The molecule has 0 aliphatic rings. The third-order valence-electron chi connectivity index (χ3n) is 3.47. The summed E-state index contributed by atoms with van der Waals surface area (Å²) in [6, 6.07) is 8.42. The van der Waals surface area contributed by atoms with E-state index in [9.17, 15) is 0 Å². The molecular weight excluding hydrogens is 222 g/mol. The summed E-state index contributed by atoms with van der Waals surface area (Å²) in [4.78, 5) is 4.80. The second kappa shape index (κ2) is 5.36. The highest BCUT2D eigenvalue weighted by atomic mass is 15.1. The fourth-order valence-electron chi connectivity index (χ4n) is 2.19. The highest BCUT2D eigenvalue weighted by molar-refractivity contribution is 5.66. The molecule has 3 nitrogen and oxygen atoms in total. The van der Waals surface area contributed by atoms with Crippen LogP contribution in [0.15, 0.2) is 24.3 Å². The number of nitrogens with zero attached hydrogens (tertiary/aromatic N) is 2. The van der Waals surface area contributed by atoms with Gasteiger partial charge < -0.3 is 9.88 Å². The van der Waals surface area contributed by atoms with Crippen LogP contribution in [-0.2, 0) is 13.5 Å². The van der Waals surface area contributed by atoms with Gasteiger partial charge in [0.25, 0.3) is 0 Å². The summed E-state index contributed by atoms with van der Waals surface area (Å²) in [5.74, 6) is 1.14.